The number of hydrogen-bond acceptors (Lipinski definition) is 5. The van der Waals surface area contributed by atoms with E-state index >= 15 is 0 Å². The van der Waals surface area contributed by atoms with Gasteiger partial charge in [0.15, 0.2) is 5.78 Å². The van der Waals surface area contributed by atoms with E-state index in [0.717, 1.165) is 10.2 Å². The van der Waals surface area contributed by atoms with Gasteiger partial charge in [-0.15, -0.1) is 0 Å². The fraction of sp³-hybridized carbons (Fsp3) is 0.143. The summed E-state index contributed by atoms with van der Waals surface area (Å²) in [6, 6.07) is 16.8. The minimum Gasteiger partial charge on any atom is -0.497 e. The lowest BCUT2D eigenvalue weighted by Crippen LogP contribution is -2.29. The average Bonchev–Trinajstić information content (AvgIpc) is 2.69. The minimum absolute atomic E-state index is 0.0972. The highest BCUT2D eigenvalue weighted by Crippen LogP contribution is 2.21. The van der Waals surface area contributed by atoms with Gasteiger partial charge in [-0.3, -0.25) is 14.4 Å². The second-order valence-electron chi connectivity index (χ2n) is 6.13. The molecule has 0 aliphatic heterocycles. The van der Waals surface area contributed by atoms with Crippen molar-refractivity contribution >= 4 is 17.4 Å². The molecule has 1 N–H and O–H groups in total. The first-order chi connectivity index (χ1) is 13.5. The van der Waals surface area contributed by atoms with Crippen LogP contribution in [0.25, 0.3) is 11.3 Å². The Morgan fingerprint density at radius 1 is 1.07 bits per heavy atom. The topological polar surface area (TPSA) is 90.3 Å². The first-order valence-electron chi connectivity index (χ1n) is 8.60. The van der Waals surface area contributed by atoms with Gasteiger partial charge >= 0.3 is 0 Å². The summed E-state index contributed by atoms with van der Waals surface area (Å²) in [4.78, 5) is 35.9. The molecule has 3 aromatic rings. The lowest BCUT2D eigenvalue weighted by molar-refractivity contribution is -0.117. The number of carbonyl (C=O) groups is 2. The third-order valence-corrected chi connectivity index (χ3v) is 4.08. The lowest BCUT2D eigenvalue weighted by Gasteiger charge is -2.09. The van der Waals surface area contributed by atoms with Gasteiger partial charge in [0.25, 0.3) is 5.56 Å². The summed E-state index contributed by atoms with van der Waals surface area (Å²) in [5.41, 5.74) is 1.90. The quantitative estimate of drug-likeness (QED) is 0.667. The van der Waals surface area contributed by atoms with Crippen LogP contribution in [0, 0.1) is 0 Å². The first kappa shape index (κ1) is 19.0. The van der Waals surface area contributed by atoms with Crippen molar-refractivity contribution in [2.75, 3.05) is 12.4 Å². The molecule has 0 radical (unpaired) electrons. The summed E-state index contributed by atoms with van der Waals surface area (Å²) < 4.78 is 6.30. The van der Waals surface area contributed by atoms with Crippen molar-refractivity contribution in [3.8, 4) is 17.0 Å². The third-order valence-electron chi connectivity index (χ3n) is 4.08. The van der Waals surface area contributed by atoms with Crippen LogP contribution in [0.15, 0.2) is 65.5 Å². The fourth-order valence-corrected chi connectivity index (χ4v) is 2.65. The molecule has 7 nitrogen and oxygen atoms in total. The maximum Gasteiger partial charge on any atom is 0.267 e. The minimum atomic E-state index is -0.418. The summed E-state index contributed by atoms with van der Waals surface area (Å²) in [5, 5.41) is 6.96. The van der Waals surface area contributed by atoms with Crippen LogP contribution in [-0.4, -0.2) is 28.6 Å². The Morgan fingerprint density at radius 3 is 2.61 bits per heavy atom. The second-order valence-corrected chi connectivity index (χ2v) is 6.13. The fourth-order valence-electron chi connectivity index (χ4n) is 2.65. The first-order valence-corrected chi connectivity index (χ1v) is 8.60. The van der Waals surface area contributed by atoms with Gasteiger partial charge in [0.05, 0.1) is 12.8 Å². The standard InChI is InChI=1S/C21H19N3O4/c1-14(25)15-5-3-7-17(11-15)22-20(26)13-24-21(27)10-9-19(23-24)16-6-4-8-18(12-16)28-2/h3-12H,13H2,1-2H3,(H,22,26). The summed E-state index contributed by atoms with van der Waals surface area (Å²) in [5.74, 6) is 0.151. The van der Waals surface area contributed by atoms with Gasteiger partial charge in [-0.05, 0) is 37.3 Å². The third kappa shape index (κ3) is 4.50. The highest BCUT2D eigenvalue weighted by atomic mass is 16.5. The van der Waals surface area contributed by atoms with Crippen LogP contribution >= 0.6 is 0 Å². The van der Waals surface area contributed by atoms with Gasteiger partial charge in [-0.25, -0.2) is 4.68 Å². The molecular formula is C21H19N3O4. The monoisotopic (exact) mass is 377 g/mol. The van der Waals surface area contributed by atoms with Crippen molar-refractivity contribution in [1.82, 2.24) is 9.78 Å². The molecular weight excluding hydrogens is 358 g/mol. The molecule has 0 fully saturated rings. The van der Waals surface area contributed by atoms with Gasteiger partial charge in [-0.1, -0.05) is 24.3 Å². The molecule has 142 valence electrons. The maximum atomic E-state index is 12.3. The number of amides is 1. The summed E-state index contributed by atoms with van der Waals surface area (Å²) in [6.07, 6.45) is 0. The summed E-state index contributed by atoms with van der Waals surface area (Å²) in [7, 11) is 1.57. The Hall–Kier alpha value is -3.74. The number of benzene rings is 2. The predicted octanol–water partition coefficient (Wildman–Crippen LogP) is 2.76. The van der Waals surface area contributed by atoms with Crippen molar-refractivity contribution in [2.45, 2.75) is 13.5 Å². The molecule has 1 heterocycles. The molecule has 0 atom stereocenters. The number of aromatic nitrogens is 2. The zero-order chi connectivity index (χ0) is 20.1. The number of rotatable bonds is 6. The zero-order valence-corrected chi connectivity index (χ0v) is 15.5. The van der Waals surface area contributed by atoms with E-state index in [4.69, 9.17) is 4.74 Å². The van der Waals surface area contributed by atoms with Crippen molar-refractivity contribution in [2.24, 2.45) is 0 Å². The van der Waals surface area contributed by atoms with E-state index in [9.17, 15) is 14.4 Å². The SMILES string of the molecule is COc1cccc(-c2ccc(=O)n(CC(=O)Nc3cccc(C(C)=O)c3)n2)c1. The number of methoxy groups -OCH3 is 1. The maximum absolute atomic E-state index is 12.3. The van der Waals surface area contributed by atoms with Gasteiger partial charge in [0, 0.05) is 22.9 Å². The Labute approximate surface area is 161 Å². The molecule has 2 aromatic carbocycles. The molecule has 0 unspecified atom stereocenters. The van der Waals surface area contributed by atoms with E-state index in [1.165, 1.54) is 13.0 Å². The molecule has 1 amide bonds. The number of ketones is 1. The summed E-state index contributed by atoms with van der Waals surface area (Å²) >= 11 is 0. The molecule has 0 aliphatic carbocycles. The van der Waals surface area contributed by atoms with Crippen molar-refractivity contribution in [3.63, 3.8) is 0 Å². The number of nitrogens with zero attached hydrogens (tertiary/aromatic N) is 2. The van der Waals surface area contributed by atoms with E-state index in [-0.39, 0.29) is 17.9 Å². The van der Waals surface area contributed by atoms with Crippen LogP contribution in [-0.2, 0) is 11.3 Å². The van der Waals surface area contributed by atoms with Crippen LogP contribution in [0.1, 0.15) is 17.3 Å². The van der Waals surface area contributed by atoms with Crippen LogP contribution in [0.5, 0.6) is 5.75 Å². The van der Waals surface area contributed by atoms with E-state index in [1.807, 2.05) is 18.2 Å². The van der Waals surface area contributed by atoms with Crippen molar-refractivity contribution in [1.29, 1.82) is 0 Å². The number of hydrogen-bond donors (Lipinski definition) is 1. The highest BCUT2D eigenvalue weighted by molar-refractivity contribution is 5.97. The Kier molecular flexibility index (Phi) is 5.64. The number of nitrogens with one attached hydrogen (secondary N) is 1. The molecule has 0 aliphatic rings. The Balaban J connectivity index is 1.80. The normalized spacial score (nSPS) is 10.4. The van der Waals surface area contributed by atoms with E-state index in [2.05, 4.69) is 10.4 Å². The number of Topliss-reactive ketones (excluding diaryl/α,β-unsaturated/α-hetero) is 1. The highest BCUT2D eigenvalue weighted by Gasteiger charge is 2.10. The van der Waals surface area contributed by atoms with Crippen molar-refractivity contribution < 1.29 is 14.3 Å². The Morgan fingerprint density at radius 2 is 1.86 bits per heavy atom. The van der Waals surface area contributed by atoms with Crippen molar-refractivity contribution in [3.05, 3.63) is 76.6 Å². The van der Waals surface area contributed by atoms with Gasteiger partial charge in [0.1, 0.15) is 12.3 Å². The molecule has 0 saturated heterocycles. The lowest BCUT2D eigenvalue weighted by atomic mass is 10.1. The van der Waals surface area contributed by atoms with Gasteiger partial charge in [0.2, 0.25) is 5.91 Å². The smallest absolute Gasteiger partial charge is 0.267 e. The molecule has 1 aromatic heterocycles. The second kappa shape index (κ2) is 8.30. The van der Waals surface area contributed by atoms with E-state index in [1.54, 1.807) is 43.5 Å². The number of anilines is 1. The summed E-state index contributed by atoms with van der Waals surface area (Å²) in [6.45, 7) is 1.20. The van der Waals surface area contributed by atoms with Crippen LogP contribution in [0.4, 0.5) is 5.69 Å². The molecule has 3 rings (SSSR count). The van der Waals surface area contributed by atoms with E-state index < -0.39 is 5.91 Å². The number of carbonyl (C=O) groups excluding carboxylic acids is 2. The molecule has 7 heteroatoms. The average molecular weight is 377 g/mol. The molecule has 28 heavy (non-hydrogen) atoms. The molecule has 0 bridgehead atoms. The van der Waals surface area contributed by atoms with Gasteiger partial charge < -0.3 is 10.1 Å². The largest absolute Gasteiger partial charge is 0.497 e. The van der Waals surface area contributed by atoms with Crippen LogP contribution in [0.3, 0.4) is 0 Å². The van der Waals surface area contributed by atoms with Crippen LogP contribution in [0.2, 0.25) is 0 Å². The van der Waals surface area contributed by atoms with E-state index in [0.29, 0.717) is 22.7 Å². The number of ether oxygens (including phenoxy) is 1. The predicted molar refractivity (Wildman–Crippen MR) is 106 cm³/mol. The van der Waals surface area contributed by atoms with Crippen LogP contribution < -0.4 is 15.6 Å². The molecule has 0 spiro atoms. The Bertz CT molecular complexity index is 1090. The van der Waals surface area contributed by atoms with Gasteiger partial charge in [-0.2, -0.15) is 5.10 Å². The molecule has 0 saturated carbocycles. The zero-order valence-electron chi connectivity index (χ0n) is 15.5.